The summed E-state index contributed by atoms with van der Waals surface area (Å²) >= 11 is 0. The third-order valence-electron chi connectivity index (χ3n) is 4.98. The van der Waals surface area contributed by atoms with Crippen molar-refractivity contribution in [2.45, 2.75) is 51.0 Å². The van der Waals surface area contributed by atoms with Gasteiger partial charge in [-0.25, -0.2) is 0 Å². The second kappa shape index (κ2) is 6.12. The van der Waals surface area contributed by atoms with E-state index in [1.54, 1.807) is 0 Å². The lowest BCUT2D eigenvalue weighted by Gasteiger charge is -2.37. The Kier molecular flexibility index (Phi) is 4.68. The Morgan fingerprint density at radius 2 is 1.90 bits per heavy atom. The van der Waals surface area contributed by atoms with Gasteiger partial charge in [-0.3, -0.25) is 9.59 Å². The molecular weight excluding hydrogens is 256 g/mol. The molecular formula is C15H26N2O3. The van der Waals surface area contributed by atoms with Crippen molar-refractivity contribution in [3.05, 3.63) is 0 Å². The van der Waals surface area contributed by atoms with E-state index in [-0.39, 0.29) is 12.3 Å². The quantitative estimate of drug-likeness (QED) is 0.850. The number of hydrogen-bond acceptors (Lipinski definition) is 3. The van der Waals surface area contributed by atoms with E-state index < -0.39 is 11.4 Å². The fourth-order valence-corrected chi connectivity index (χ4v) is 3.52. The van der Waals surface area contributed by atoms with Crippen LogP contribution in [0.2, 0.25) is 0 Å². The van der Waals surface area contributed by atoms with E-state index >= 15 is 0 Å². The molecule has 1 aliphatic carbocycles. The molecule has 0 spiro atoms. The minimum Gasteiger partial charge on any atom is -0.481 e. The molecule has 0 aromatic heterocycles. The Balaban J connectivity index is 1.98. The molecule has 0 radical (unpaired) electrons. The number of carbonyl (C=O) groups excluding carboxylic acids is 1. The normalized spacial score (nSPS) is 25.9. The molecule has 5 heteroatoms. The van der Waals surface area contributed by atoms with Gasteiger partial charge in [-0.1, -0.05) is 12.8 Å². The molecule has 1 unspecified atom stereocenters. The molecule has 0 bridgehead atoms. The highest BCUT2D eigenvalue weighted by Crippen LogP contribution is 2.42. The topological polar surface area (TPSA) is 60.9 Å². The van der Waals surface area contributed by atoms with Gasteiger partial charge >= 0.3 is 5.97 Å². The highest BCUT2D eigenvalue weighted by Gasteiger charge is 2.44. The summed E-state index contributed by atoms with van der Waals surface area (Å²) in [6, 6.07) is 0.400. The summed E-state index contributed by atoms with van der Waals surface area (Å²) in [7, 11) is 4.07. The molecule has 1 N–H and O–H groups in total. The number of rotatable bonds is 4. The summed E-state index contributed by atoms with van der Waals surface area (Å²) < 4.78 is 0. The van der Waals surface area contributed by atoms with Crippen LogP contribution in [0.5, 0.6) is 0 Å². The summed E-state index contributed by atoms with van der Waals surface area (Å²) in [6.07, 6.45) is 5.47. The molecule has 1 heterocycles. The highest BCUT2D eigenvalue weighted by atomic mass is 16.4. The lowest BCUT2D eigenvalue weighted by molar-refractivity contribution is -0.153. The van der Waals surface area contributed by atoms with E-state index in [1.807, 2.05) is 19.0 Å². The largest absolute Gasteiger partial charge is 0.481 e. The zero-order valence-corrected chi connectivity index (χ0v) is 12.6. The Hall–Kier alpha value is -1.10. The first-order valence-electron chi connectivity index (χ1n) is 7.62. The van der Waals surface area contributed by atoms with Crippen LogP contribution in [0.4, 0.5) is 0 Å². The first-order valence-corrected chi connectivity index (χ1v) is 7.62. The van der Waals surface area contributed by atoms with Crippen molar-refractivity contribution in [3.63, 3.8) is 0 Å². The zero-order chi connectivity index (χ0) is 14.8. The molecule has 114 valence electrons. The molecule has 0 aromatic rings. The van der Waals surface area contributed by atoms with E-state index in [1.165, 1.54) is 0 Å². The second-order valence-corrected chi connectivity index (χ2v) is 6.57. The lowest BCUT2D eigenvalue weighted by Crippen LogP contribution is -2.49. The molecule has 1 saturated carbocycles. The Bertz CT molecular complexity index is 375. The predicted octanol–water partition coefficient (Wildman–Crippen LogP) is 1.57. The maximum atomic E-state index is 12.5. The number of hydrogen-bond donors (Lipinski definition) is 1. The van der Waals surface area contributed by atoms with E-state index in [0.717, 1.165) is 38.8 Å². The number of amides is 1. The molecule has 1 aliphatic heterocycles. The van der Waals surface area contributed by atoms with Crippen molar-refractivity contribution in [2.24, 2.45) is 5.41 Å². The fourth-order valence-electron chi connectivity index (χ4n) is 3.52. The van der Waals surface area contributed by atoms with Crippen molar-refractivity contribution in [1.82, 2.24) is 9.80 Å². The summed E-state index contributed by atoms with van der Waals surface area (Å²) in [5.41, 5.74) is -0.790. The van der Waals surface area contributed by atoms with Crippen LogP contribution in [0.25, 0.3) is 0 Å². The van der Waals surface area contributed by atoms with Crippen LogP contribution >= 0.6 is 0 Å². The van der Waals surface area contributed by atoms with Crippen LogP contribution in [0.1, 0.15) is 44.9 Å². The minimum atomic E-state index is -0.790. The van der Waals surface area contributed by atoms with Gasteiger partial charge in [0.1, 0.15) is 0 Å². The summed E-state index contributed by atoms with van der Waals surface area (Å²) in [6.45, 7) is 1.51. The molecule has 1 saturated heterocycles. The number of nitrogens with zero attached hydrogens (tertiary/aromatic N) is 2. The SMILES string of the molecule is CN(C)C1CCCN(C(=O)CC2(C(=O)O)CCCC2)C1. The second-order valence-electron chi connectivity index (χ2n) is 6.57. The summed E-state index contributed by atoms with van der Waals surface area (Å²) in [5.74, 6) is -0.759. The van der Waals surface area contributed by atoms with Crippen LogP contribution < -0.4 is 0 Å². The maximum Gasteiger partial charge on any atom is 0.310 e. The van der Waals surface area contributed by atoms with Crippen LogP contribution in [0.15, 0.2) is 0 Å². The smallest absolute Gasteiger partial charge is 0.310 e. The zero-order valence-electron chi connectivity index (χ0n) is 12.6. The number of likely N-dealkylation sites (tertiary alicyclic amines) is 1. The molecule has 20 heavy (non-hydrogen) atoms. The number of carboxylic acid groups (broad SMARTS) is 1. The summed E-state index contributed by atoms with van der Waals surface area (Å²) in [4.78, 5) is 28.0. The number of carbonyl (C=O) groups is 2. The Morgan fingerprint density at radius 3 is 2.45 bits per heavy atom. The van der Waals surface area contributed by atoms with Gasteiger partial charge < -0.3 is 14.9 Å². The average molecular weight is 282 g/mol. The number of aliphatic carboxylic acids is 1. The molecule has 2 aliphatic rings. The van der Waals surface area contributed by atoms with Crippen LogP contribution in [-0.4, -0.2) is 60.0 Å². The van der Waals surface area contributed by atoms with Gasteiger partial charge in [-0.15, -0.1) is 0 Å². The number of carboxylic acids is 1. The minimum absolute atomic E-state index is 0.0286. The monoisotopic (exact) mass is 282 g/mol. The van der Waals surface area contributed by atoms with Gasteiger partial charge in [-0.05, 0) is 39.8 Å². The van der Waals surface area contributed by atoms with E-state index in [9.17, 15) is 14.7 Å². The van der Waals surface area contributed by atoms with Crippen LogP contribution in [0.3, 0.4) is 0 Å². The maximum absolute atomic E-state index is 12.5. The van der Waals surface area contributed by atoms with Gasteiger partial charge in [0.05, 0.1) is 5.41 Å². The van der Waals surface area contributed by atoms with Gasteiger partial charge in [0.15, 0.2) is 0 Å². The first-order chi connectivity index (χ1) is 9.44. The summed E-state index contributed by atoms with van der Waals surface area (Å²) in [5, 5.41) is 9.47. The van der Waals surface area contributed by atoms with E-state index in [2.05, 4.69) is 4.90 Å². The van der Waals surface area contributed by atoms with Gasteiger partial charge in [-0.2, -0.15) is 0 Å². The van der Waals surface area contributed by atoms with Gasteiger partial charge in [0, 0.05) is 25.6 Å². The average Bonchev–Trinajstić information content (AvgIpc) is 2.88. The predicted molar refractivity (Wildman–Crippen MR) is 76.4 cm³/mol. The molecule has 2 rings (SSSR count). The van der Waals surface area contributed by atoms with Crippen LogP contribution in [-0.2, 0) is 9.59 Å². The highest BCUT2D eigenvalue weighted by molar-refractivity contribution is 5.85. The Labute approximate surface area is 120 Å². The van der Waals surface area contributed by atoms with Crippen molar-refractivity contribution < 1.29 is 14.7 Å². The molecule has 1 amide bonds. The van der Waals surface area contributed by atoms with E-state index in [0.29, 0.717) is 18.9 Å². The molecule has 1 atom stereocenters. The van der Waals surface area contributed by atoms with Crippen molar-refractivity contribution in [2.75, 3.05) is 27.2 Å². The molecule has 5 nitrogen and oxygen atoms in total. The van der Waals surface area contributed by atoms with Crippen molar-refractivity contribution in [3.8, 4) is 0 Å². The third-order valence-corrected chi connectivity index (χ3v) is 4.98. The van der Waals surface area contributed by atoms with Gasteiger partial charge in [0.25, 0.3) is 0 Å². The first kappa shape index (κ1) is 15.3. The lowest BCUT2D eigenvalue weighted by atomic mass is 9.82. The van der Waals surface area contributed by atoms with Crippen molar-refractivity contribution >= 4 is 11.9 Å². The van der Waals surface area contributed by atoms with Crippen molar-refractivity contribution in [1.29, 1.82) is 0 Å². The van der Waals surface area contributed by atoms with Gasteiger partial charge in [0.2, 0.25) is 5.91 Å². The standard InChI is InChI=1S/C15H26N2O3/c1-16(2)12-6-5-9-17(11-12)13(18)10-15(14(19)20)7-3-4-8-15/h12H,3-11H2,1-2H3,(H,19,20). The number of likely N-dealkylation sites (N-methyl/N-ethyl adjacent to an activating group) is 1. The molecule has 2 fully saturated rings. The van der Waals surface area contributed by atoms with Crippen LogP contribution in [0, 0.1) is 5.41 Å². The number of piperidine rings is 1. The fraction of sp³-hybridized carbons (Fsp3) is 0.867. The van der Waals surface area contributed by atoms with E-state index in [4.69, 9.17) is 0 Å². The molecule has 0 aromatic carbocycles. The third kappa shape index (κ3) is 3.14. The Morgan fingerprint density at radius 1 is 1.25 bits per heavy atom.